The van der Waals surface area contributed by atoms with E-state index < -0.39 is 49.9 Å². The summed E-state index contributed by atoms with van der Waals surface area (Å²) < 4.78 is 61.7. The number of hydrogen-bond acceptors (Lipinski definition) is 5. The summed E-state index contributed by atoms with van der Waals surface area (Å²) in [7, 11) is -4.27. The number of hydrogen-bond donors (Lipinski definition) is 1. The van der Waals surface area contributed by atoms with Crippen LogP contribution in [0, 0.1) is 34.8 Å². The van der Waals surface area contributed by atoms with Crippen molar-refractivity contribution in [2.75, 3.05) is 6.61 Å². The molecule has 0 bridgehead atoms. The number of sulfone groups is 1. The second-order valence-corrected chi connectivity index (χ2v) is 10.6. The van der Waals surface area contributed by atoms with E-state index in [1.165, 1.54) is 24.3 Å². The summed E-state index contributed by atoms with van der Waals surface area (Å²) >= 11 is 5.92. The third-order valence-electron chi connectivity index (χ3n) is 6.50. The molecule has 0 spiro atoms. The highest BCUT2D eigenvalue weighted by Crippen LogP contribution is 2.58. The number of rotatable bonds is 4. The molecule has 31 heavy (non-hydrogen) atoms. The molecule has 1 heterocycles. The summed E-state index contributed by atoms with van der Waals surface area (Å²) in [6.45, 7) is -0.215. The third-order valence-corrected chi connectivity index (χ3v) is 9.32. The van der Waals surface area contributed by atoms with E-state index in [9.17, 15) is 17.9 Å². The molecular weight excluding hydrogens is 448 g/mol. The first-order valence-corrected chi connectivity index (χ1v) is 11.8. The van der Waals surface area contributed by atoms with Crippen LogP contribution in [0.3, 0.4) is 0 Å². The van der Waals surface area contributed by atoms with Crippen LogP contribution in [0.25, 0.3) is 0 Å². The number of fused-ring (bicyclic) bond motifs is 3. The van der Waals surface area contributed by atoms with Crippen LogP contribution in [0.4, 0.5) is 8.78 Å². The number of nitriles is 1. The molecule has 1 N–H and O–H groups in total. The second kappa shape index (κ2) is 8.05. The molecule has 5 nitrogen and oxygen atoms in total. The minimum Gasteiger partial charge on any atom is -0.490 e. The molecule has 0 radical (unpaired) electrons. The highest BCUT2D eigenvalue weighted by atomic mass is 35.5. The van der Waals surface area contributed by atoms with Crippen LogP contribution in [0.5, 0.6) is 5.75 Å². The molecule has 9 heteroatoms. The van der Waals surface area contributed by atoms with Gasteiger partial charge in [-0.2, -0.15) is 5.26 Å². The van der Waals surface area contributed by atoms with Crippen molar-refractivity contribution in [2.24, 2.45) is 11.8 Å². The fourth-order valence-corrected chi connectivity index (χ4v) is 7.63. The Kier molecular flexibility index (Phi) is 5.71. The molecule has 164 valence electrons. The van der Waals surface area contributed by atoms with Crippen molar-refractivity contribution in [3.8, 4) is 11.8 Å². The van der Waals surface area contributed by atoms with E-state index >= 15 is 4.39 Å². The summed E-state index contributed by atoms with van der Waals surface area (Å²) in [5, 5.41) is 20.0. The predicted molar refractivity (Wildman–Crippen MR) is 109 cm³/mol. The van der Waals surface area contributed by atoms with Crippen LogP contribution in [0.2, 0.25) is 5.02 Å². The van der Waals surface area contributed by atoms with Gasteiger partial charge in [-0.25, -0.2) is 17.2 Å². The number of nitrogens with zero attached hydrogens (tertiary/aromatic N) is 1. The third kappa shape index (κ3) is 3.30. The first-order chi connectivity index (χ1) is 14.7. The maximum absolute atomic E-state index is 15.2. The first-order valence-electron chi connectivity index (χ1n) is 9.90. The van der Waals surface area contributed by atoms with Gasteiger partial charge in [0.15, 0.2) is 21.4 Å². The Labute approximate surface area is 184 Å². The SMILES string of the molecule is N#CCC[C@@H]1[C@H]2COc3c(F)ccc(F)c3[C@@]2(S(=O)(=O)c2ccc(Cl)cc2)CC[C@@H]1O. The summed E-state index contributed by atoms with van der Waals surface area (Å²) in [5.41, 5.74) is -0.340. The molecule has 0 amide bonds. The molecule has 0 aromatic heterocycles. The normalized spacial score (nSPS) is 27.5. The number of aliphatic hydroxyl groups is 1. The van der Waals surface area contributed by atoms with Crippen molar-refractivity contribution in [3.63, 3.8) is 0 Å². The molecule has 0 saturated heterocycles. The number of halogens is 3. The Bertz CT molecular complexity index is 1150. The van der Waals surface area contributed by atoms with Gasteiger partial charge >= 0.3 is 0 Å². The van der Waals surface area contributed by atoms with Crippen LogP contribution in [0.1, 0.15) is 31.2 Å². The minimum absolute atomic E-state index is 0.0643. The molecule has 4 atom stereocenters. The average Bonchev–Trinajstić information content (AvgIpc) is 2.75. The van der Waals surface area contributed by atoms with Gasteiger partial charge in [0.1, 0.15) is 10.6 Å². The lowest BCUT2D eigenvalue weighted by atomic mass is 9.65. The minimum atomic E-state index is -4.27. The molecule has 1 aliphatic carbocycles. The first kappa shape index (κ1) is 22.0. The molecule has 1 saturated carbocycles. The smallest absolute Gasteiger partial charge is 0.188 e. The van der Waals surface area contributed by atoms with Crippen LogP contribution < -0.4 is 4.74 Å². The average molecular weight is 468 g/mol. The van der Waals surface area contributed by atoms with Gasteiger partial charge in [-0.3, -0.25) is 0 Å². The van der Waals surface area contributed by atoms with Crippen LogP contribution in [0.15, 0.2) is 41.3 Å². The standard InChI is InChI=1S/C22H20ClF2NO4S/c23-13-3-5-14(6-4-13)31(28,29)22-10-9-19(27)15(2-1-11-26)16(22)12-30-21-18(25)8-7-17(24)20(21)22/h3-8,15-16,19,27H,1-2,9-10,12H2/t15-,16-,19+,22-/m1/s1. The molecule has 2 aromatic rings. The number of benzene rings is 2. The van der Waals surface area contributed by atoms with E-state index in [0.29, 0.717) is 5.02 Å². The van der Waals surface area contributed by atoms with Gasteiger partial charge < -0.3 is 9.84 Å². The van der Waals surface area contributed by atoms with Crippen LogP contribution >= 0.6 is 11.6 Å². The summed E-state index contributed by atoms with van der Waals surface area (Å²) in [6.07, 6.45) is -0.615. The quantitative estimate of drug-likeness (QED) is 0.721. The molecular formula is C22H20ClF2NO4S. The Morgan fingerprint density at radius 3 is 2.55 bits per heavy atom. The fraction of sp³-hybridized carbons (Fsp3) is 0.409. The van der Waals surface area contributed by atoms with Gasteiger partial charge in [0.05, 0.1) is 29.2 Å². The molecule has 0 unspecified atom stereocenters. The largest absolute Gasteiger partial charge is 0.490 e. The lowest BCUT2D eigenvalue weighted by Gasteiger charge is -2.51. The zero-order valence-electron chi connectivity index (χ0n) is 16.4. The Balaban J connectivity index is 2.01. The summed E-state index contributed by atoms with van der Waals surface area (Å²) in [4.78, 5) is -0.0752. The summed E-state index contributed by atoms with van der Waals surface area (Å²) in [5.74, 6) is -3.64. The van der Waals surface area contributed by atoms with Gasteiger partial charge in [0.25, 0.3) is 0 Å². The van der Waals surface area contributed by atoms with E-state index in [1.807, 2.05) is 6.07 Å². The fourth-order valence-electron chi connectivity index (χ4n) is 5.10. The lowest BCUT2D eigenvalue weighted by molar-refractivity contribution is -0.0234. The summed E-state index contributed by atoms with van der Waals surface area (Å²) in [6, 6.07) is 9.34. The number of aliphatic hydroxyl groups excluding tert-OH is 1. The molecule has 2 aliphatic rings. The highest BCUT2D eigenvalue weighted by Gasteiger charge is 2.62. The Morgan fingerprint density at radius 1 is 1.19 bits per heavy atom. The lowest BCUT2D eigenvalue weighted by Crippen LogP contribution is -2.57. The maximum atomic E-state index is 15.2. The van der Waals surface area contributed by atoms with Gasteiger partial charge in [-0.1, -0.05) is 11.6 Å². The van der Waals surface area contributed by atoms with Crippen molar-refractivity contribution in [1.29, 1.82) is 5.26 Å². The van der Waals surface area contributed by atoms with Crippen molar-refractivity contribution in [3.05, 3.63) is 58.6 Å². The van der Waals surface area contributed by atoms with Gasteiger partial charge in [0.2, 0.25) is 0 Å². The van der Waals surface area contributed by atoms with E-state index in [1.54, 1.807) is 0 Å². The van der Waals surface area contributed by atoms with Gasteiger partial charge in [0, 0.05) is 17.4 Å². The highest BCUT2D eigenvalue weighted by molar-refractivity contribution is 7.92. The van der Waals surface area contributed by atoms with E-state index in [0.717, 1.165) is 12.1 Å². The molecule has 4 rings (SSSR count). The van der Waals surface area contributed by atoms with Crippen LogP contribution in [-0.4, -0.2) is 26.2 Å². The molecule has 1 aliphatic heterocycles. The van der Waals surface area contributed by atoms with E-state index in [4.69, 9.17) is 21.6 Å². The zero-order valence-corrected chi connectivity index (χ0v) is 18.0. The van der Waals surface area contributed by atoms with Crippen molar-refractivity contribution >= 4 is 21.4 Å². The van der Waals surface area contributed by atoms with Crippen LogP contribution in [-0.2, 0) is 14.6 Å². The van der Waals surface area contributed by atoms with Crippen molar-refractivity contribution in [2.45, 2.75) is 41.4 Å². The maximum Gasteiger partial charge on any atom is 0.188 e. The Morgan fingerprint density at radius 2 is 1.87 bits per heavy atom. The topological polar surface area (TPSA) is 87.4 Å². The van der Waals surface area contributed by atoms with E-state index in [2.05, 4.69) is 0 Å². The van der Waals surface area contributed by atoms with Crippen molar-refractivity contribution in [1.82, 2.24) is 0 Å². The number of ether oxygens (including phenoxy) is 1. The van der Waals surface area contributed by atoms with Gasteiger partial charge in [-0.05, 0) is 61.6 Å². The van der Waals surface area contributed by atoms with E-state index in [-0.39, 0.29) is 42.7 Å². The monoisotopic (exact) mass is 467 g/mol. The van der Waals surface area contributed by atoms with Crippen molar-refractivity contribution < 1.29 is 27.0 Å². The zero-order chi connectivity index (χ0) is 22.4. The second-order valence-electron chi connectivity index (χ2n) is 7.96. The molecule has 1 fully saturated rings. The van der Waals surface area contributed by atoms with Gasteiger partial charge in [-0.15, -0.1) is 0 Å². The predicted octanol–water partition coefficient (Wildman–Crippen LogP) is 4.37. The molecule has 2 aromatic carbocycles. The Hall–Kier alpha value is -2.21.